The zero-order valence-corrected chi connectivity index (χ0v) is 16.0. The van der Waals surface area contributed by atoms with Crippen molar-refractivity contribution in [1.29, 1.82) is 0 Å². The van der Waals surface area contributed by atoms with Crippen molar-refractivity contribution in [3.8, 4) is 5.75 Å². The molecule has 0 atom stereocenters. The van der Waals surface area contributed by atoms with Crippen molar-refractivity contribution < 1.29 is 26.3 Å². The van der Waals surface area contributed by atoms with Crippen LogP contribution in [0.25, 0.3) is 0 Å². The second-order valence-corrected chi connectivity index (χ2v) is 9.60. The second-order valence-electron chi connectivity index (χ2n) is 5.88. The van der Waals surface area contributed by atoms with Crippen molar-refractivity contribution >= 4 is 20.0 Å². The molecule has 0 radical (unpaired) electrons. The van der Waals surface area contributed by atoms with Gasteiger partial charge in [-0.05, 0) is 37.1 Å². The predicted molar refractivity (Wildman–Crippen MR) is 93.6 cm³/mol. The van der Waals surface area contributed by atoms with Crippen LogP contribution in [-0.2, 0) is 24.8 Å². The summed E-state index contributed by atoms with van der Waals surface area (Å²) in [6, 6.07) is 6.02. The molecule has 1 aromatic rings. The molecule has 142 valence electrons. The van der Waals surface area contributed by atoms with E-state index in [0.717, 1.165) is 6.26 Å². The van der Waals surface area contributed by atoms with Gasteiger partial charge in [-0.25, -0.2) is 21.6 Å². The minimum atomic E-state index is -3.60. The van der Waals surface area contributed by atoms with Crippen molar-refractivity contribution in [2.24, 2.45) is 0 Å². The molecular formula is C15H24N2O6S2. The molecule has 0 spiro atoms. The molecule has 1 aliphatic heterocycles. The first-order chi connectivity index (χ1) is 11.7. The first kappa shape index (κ1) is 20.1. The van der Waals surface area contributed by atoms with Crippen LogP contribution in [0.1, 0.15) is 12.8 Å². The lowest BCUT2D eigenvalue weighted by Crippen LogP contribution is -2.46. The van der Waals surface area contributed by atoms with Gasteiger partial charge in [0.1, 0.15) is 12.4 Å². The Morgan fingerprint density at radius 3 is 2.20 bits per heavy atom. The van der Waals surface area contributed by atoms with Crippen LogP contribution in [0.4, 0.5) is 0 Å². The molecule has 2 rings (SSSR count). The van der Waals surface area contributed by atoms with Crippen LogP contribution in [0.3, 0.4) is 0 Å². The Balaban J connectivity index is 1.97. The molecule has 1 aliphatic rings. The zero-order chi connectivity index (χ0) is 18.5. The Morgan fingerprint density at radius 1 is 1.08 bits per heavy atom. The minimum Gasteiger partial charge on any atom is -0.491 e. The first-order valence-corrected chi connectivity index (χ1v) is 11.2. The van der Waals surface area contributed by atoms with Crippen LogP contribution < -0.4 is 9.46 Å². The van der Waals surface area contributed by atoms with Crippen LogP contribution >= 0.6 is 0 Å². The third kappa shape index (κ3) is 5.93. The van der Waals surface area contributed by atoms with Gasteiger partial charge in [0.2, 0.25) is 20.0 Å². The van der Waals surface area contributed by atoms with E-state index in [1.807, 2.05) is 0 Å². The van der Waals surface area contributed by atoms with Crippen molar-refractivity contribution in [3.63, 3.8) is 0 Å². The maximum absolute atomic E-state index is 12.7. The van der Waals surface area contributed by atoms with E-state index in [2.05, 4.69) is 4.72 Å². The van der Waals surface area contributed by atoms with Crippen molar-refractivity contribution in [2.75, 3.05) is 39.7 Å². The highest BCUT2D eigenvalue weighted by molar-refractivity contribution is 7.89. The van der Waals surface area contributed by atoms with Gasteiger partial charge in [0.15, 0.2) is 0 Å². The Kier molecular flexibility index (Phi) is 6.80. The molecule has 25 heavy (non-hydrogen) atoms. The molecule has 1 heterocycles. The van der Waals surface area contributed by atoms with E-state index in [1.165, 1.54) is 16.4 Å². The largest absolute Gasteiger partial charge is 0.491 e. The van der Waals surface area contributed by atoms with E-state index in [1.54, 1.807) is 19.2 Å². The fraction of sp³-hybridized carbons (Fsp3) is 0.600. The molecule has 0 amide bonds. The normalized spacial score (nSPS) is 17.5. The Labute approximate surface area is 149 Å². The van der Waals surface area contributed by atoms with E-state index in [-0.39, 0.29) is 24.0 Å². The highest BCUT2D eigenvalue weighted by Crippen LogP contribution is 2.23. The second kappa shape index (κ2) is 8.45. The van der Waals surface area contributed by atoms with Crippen molar-refractivity contribution in [1.82, 2.24) is 9.03 Å². The van der Waals surface area contributed by atoms with Gasteiger partial charge < -0.3 is 9.47 Å². The fourth-order valence-electron chi connectivity index (χ4n) is 2.62. The lowest BCUT2D eigenvalue weighted by atomic mass is 10.1. The Morgan fingerprint density at radius 2 is 1.68 bits per heavy atom. The molecule has 8 nitrogen and oxygen atoms in total. The summed E-state index contributed by atoms with van der Waals surface area (Å²) in [5.74, 6) is 0.576. The van der Waals surface area contributed by atoms with Gasteiger partial charge in [0.05, 0.1) is 17.8 Å². The van der Waals surface area contributed by atoms with Gasteiger partial charge in [0, 0.05) is 26.2 Å². The van der Waals surface area contributed by atoms with Gasteiger partial charge in [0.25, 0.3) is 0 Å². The number of methoxy groups -OCH3 is 1. The van der Waals surface area contributed by atoms with Gasteiger partial charge in [-0.3, -0.25) is 0 Å². The quantitative estimate of drug-likeness (QED) is 0.643. The van der Waals surface area contributed by atoms with Crippen molar-refractivity contribution in [3.05, 3.63) is 24.3 Å². The molecule has 0 saturated carbocycles. The van der Waals surface area contributed by atoms with Crippen LogP contribution in [0.2, 0.25) is 0 Å². The van der Waals surface area contributed by atoms with Crippen LogP contribution in [-0.4, -0.2) is 66.9 Å². The summed E-state index contributed by atoms with van der Waals surface area (Å²) in [4.78, 5) is 0.195. The zero-order valence-electron chi connectivity index (χ0n) is 14.3. The predicted octanol–water partition coefficient (Wildman–Crippen LogP) is 0.414. The van der Waals surface area contributed by atoms with Crippen LogP contribution in [0.5, 0.6) is 5.75 Å². The lowest BCUT2D eigenvalue weighted by Gasteiger charge is -2.31. The van der Waals surface area contributed by atoms with Gasteiger partial charge in [-0.15, -0.1) is 0 Å². The topological polar surface area (TPSA) is 102 Å². The number of piperidine rings is 1. The fourth-order valence-corrected chi connectivity index (χ4v) is 4.93. The summed E-state index contributed by atoms with van der Waals surface area (Å²) in [6.07, 6.45) is 2.00. The van der Waals surface area contributed by atoms with Gasteiger partial charge in [-0.1, -0.05) is 0 Å². The molecule has 10 heteroatoms. The highest BCUT2D eigenvalue weighted by atomic mass is 32.2. The average Bonchev–Trinajstić information content (AvgIpc) is 2.55. The van der Waals surface area contributed by atoms with Crippen molar-refractivity contribution in [2.45, 2.75) is 23.8 Å². The van der Waals surface area contributed by atoms with E-state index in [9.17, 15) is 16.8 Å². The summed E-state index contributed by atoms with van der Waals surface area (Å²) >= 11 is 0. The van der Waals surface area contributed by atoms with E-state index >= 15 is 0 Å². The molecule has 0 bridgehead atoms. The van der Waals surface area contributed by atoms with E-state index < -0.39 is 20.0 Å². The SMILES string of the molecule is COCCOc1ccc(S(=O)(=O)N2CCC(NS(C)(=O)=O)CC2)cc1. The summed E-state index contributed by atoms with van der Waals surface area (Å²) in [6.45, 7) is 1.41. The Hall–Kier alpha value is -1.20. The molecule has 1 N–H and O–H groups in total. The molecule has 0 aliphatic carbocycles. The highest BCUT2D eigenvalue weighted by Gasteiger charge is 2.30. The molecule has 1 aromatic carbocycles. The van der Waals surface area contributed by atoms with Crippen LogP contribution in [0.15, 0.2) is 29.2 Å². The lowest BCUT2D eigenvalue weighted by molar-refractivity contribution is 0.146. The number of nitrogens with zero attached hydrogens (tertiary/aromatic N) is 1. The van der Waals surface area contributed by atoms with Gasteiger partial charge in [-0.2, -0.15) is 4.31 Å². The number of hydrogen-bond donors (Lipinski definition) is 1. The minimum absolute atomic E-state index is 0.195. The maximum atomic E-state index is 12.7. The van der Waals surface area contributed by atoms with E-state index in [4.69, 9.17) is 9.47 Å². The molecule has 1 saturated heterocycles. The Bertz CT molecular complexity index is 754. The molecular weight excluding hydrogens is 368 g/mol. The number of benzene rings is 1. The number of ether oxygens (including phenoxy) is 2. The van der Waals surface area contributed by atoms with Gasteiger partial charge >= 0.3 is 0 Å². The molecule has 0 unspecified atom stereocenters. The number of hydrogen-bond acceptors (Lipinski definition) is 6. The maximum Gasteiger partial charge on any atom is 0.243 e. The molecule has 1 fully saturated rings. The van der Waals surface area contributed by atoms with Crippen LogP contribution in [0, 0.1) is 0 Å². The smallest absolute Gasteiger partial charge is 0.243 e. The average molecular weight is 392 g/mol. The third-order valence-electron chi connectivity index (χ3n) is 3.85. The summed E-state index contributed by atoms with van der Waals surface area (Å²) in [5.41, 5.74) is 0. The summed E-state index contributed by atoms with van der Waals surface area (Å²) in [7, 11) is -5.30. The summed E-state index contributed by atoms with van der Waals surface area (Å²) in [5, 5.41) is 0. The molecule has 0 aromatic heterocycles. The first-order valence-electron chi connectivity index (χ1n) is 7.91. The monoisotopic (exact) mass is 392 g/mol. The number of sulfonamides is 2. The number of nitrogens with one attached hydrogen (secondary N) is 1. The summed E-state index contributed by atoms with van der Waals surface area (Å²) < 4.78 is 62.1. The standard InChI is InChI=1S/C15H24N2O6S2/c1-22-11-12-23-14-3-5-15(6-4-14)25(20,21)17-9-7-13(8-10-17)16-24(2,18)19/h3-6,13,16H,7-12H2,1-2H3. The third-order valence-corrected chi connectivity index (χ3v) is 6.53. The van der Waals surface area contributed by atoms with E-state index in [0.29, 0.717) is 31.8 Å². The number of rotatable bonds is 8.